The number of fused-ring (bicyclic) bond motifs is 2. The van der Waals surface area contributed by atoms with E-state index in [0.717, 1.165) is 34.0 Å². The molecule has 0 bridgehead atoms. The van der Waals surface area contributed by atoms with Gasteiger partial charge in [0.05, 0.1) is 24.7 Å². The molecule has 3 aromatic heterocycles. The molecule has 0 saturated carbocycles. The van der Waals surface area contributed by atoms with E-state index < -0.39 is 17.4 Å². The van der Waals surface area contributed by atoms with Crippen molar-refractivity contribution in [2.45, 2.75) is 45.9 Å². The van der Waals surface area contributed by atoms with Gasteiger partial charge in [0.1, 0.15) is 5.82 Å². The molecule has 0 amide bonds. The highest BCUT2D eigenvalue weighted by Gasteiger charge is 2.26. The van der Waals surface area contributed by atoms with Gasteiger partial charge < -0.3 is 10.0 Å². The Morgan fingerprint density at radius 2 is 1.94 bits per heavy atom. The van der Waals surface area contributed by atoms with Crippen LogP contribution in [0.3, 0.4) is 0 Å². The first-order valence-corrected chi connectivity index (χ1v) is 11.6. The summed E-state index contributed by atoms with van der Waals surface area (Å²) in [5.41, 5.74) is 1.17. The van der Waals surface area contributed by atoms with E-state index in [-0.39, 0.29) is 13.1 Å². The molecule has 10 heteroatoms. The number of β-amino-alcohol motifs (C(OH)–C–C–N with tert-alkyl or cyclic N) is 1. The minimum Gasteiger partial charge on any atom is -0.391 e. The van der Waals surface area contributed by atoms with Gasteiger partial charge in [-0.3, -0.25) is 18.5 Å². The van der Waals surface area contributed by atoms with Crippen LogP contribution in [0.1, 0.15) is 31.3 Å². The summed E-state index contributed by atoms with van der Waals surface area (Å²) in [7, 11) is 1.60. The molecule has 1 aliphatic rings. The maximum atomic E-state index is 13.7. The van der Waals surface area contributed by atoms with Crippen molar-refractivity contribution in [1.29, 1.82) is 0 Å². The summed E-state index contributed by atoms with van der Waals surface area (Å²) < 4.78 is 4.28. The highest BCUT2D eigenvalue weighted by molar-refractivity contribution is 5.80. The zero-order valence-electron chi connectivity index (χ0n) is 20.0. The Morgan fingerprint density at radius 1 is 1.14 bits per heavy atom. The van der Waals surface area contributed by atoms with E-state index >= 15 is 0 Å². The number of aryl methyl sites for hydroxylation is 2. The molecule has 5 rings (SSSR count). The van der Waals surface area contributed by atoms with E-state index in [4.69, 9.17) is 0 Å². The zero-order valence-corrected chi connectivity index (χ0v) is 20.0. The van der Waals surface area contributed by atoms with E-state index in [0.29, 0.717) is 36.0 Å². The van der Waals surface area contributed by atoms with Gasteiger partial charge in [0, 0.05) is 31.2 Å². The van der Waals surface area contributed by atoms with Crippen molar-refractivity contribution in [2.24, 2.45) is 7.05 Å². The number of aliphatic hydroxyl groups is 1. The lowest BCUT2D eigenvalue weighted by molar-refractivity contribution is 0.153. The zero-order chi connectivity index (χ0) is 24.7. The molecule has 1 aromatic carbocycles. The molecule has 4 heterocycles. The SMILES string of the molecule is CC#CCn1c(N2CCC[C@H](O)C2)nc2c1c(=O)n(Cc1nc(C)c3ccccc3n1)c(=O)n2C. The maximum Gasteiger partial charge on any atom is 0.332 e. The average molecular weight is 474 g/mol. The third-order valence-corrected chi connectivity index (χ3v) is 6.45. The Morgan fingerprint density at radius 3 is 2.71 bits per heavy atom. The molecule has 180 valence electrons. The standard InChI is InChI=1S/C25H27N7O3/c1-4-5-13-31-21-22(28-24(31)30-12-8-9-17(33)14-30)29(3)25(35)32(23(21)34)15-20-26-16(2)18-10-6-7-11-19(18)27-20/h6-7,10-11,17,33H,8-9,12-15H2,1-3H3/t17-/m0/s1. The number of hydrogen-bond acceptors (Lipinski definition) is 7. The first-order chi connectivity index (χ1) is 16.9. The molecule has 0 unspecified atom stereocenters. The number of imidazole rings is 1. The fourth-order valence-electron chi connectivity index (χ4n) is 4.69. The number of aliphatic hydroxyl groups excluding tert-OH is 1. The second-order valence-corrected chi connectivity index (χ2v) is 8.81. The number of anilines is 1. The fourth-order valence-corrected chi connectivity index (χ4v) is 4.69. The lowest BCUT2D eigenvalue weighted by atomic mass is 10.1. The Labute approximate surface area is 201 Å². The molecule has 0 radical (unpaired) electrons. The molecule has 0 spiro atoms. The van der Waals surface area contributed by atoms with Crippen molar-refractivity contribution in [3.8, 4) is 11.8 Å². The topological polar surface area (TPSA) is 111 Å². The first-order valence-electron chi connectivity index (χ1n) is 11.6. The van der Waals surface area contributed by atoms with Gasteiger partial charge in [-0.15, -0.1) is 5.92 Å². The number of aromatic nitrogens is 6. The fraction of sp³-hybridized carbons (Fsp3) is 0.400. The summed E-state index contributed by atoms with van der Waals surface area (Å²) in [6.45, 7) is 4.91. The minimum absolute atomic E-state index is 0.0600. The smallest absolute Gasteiger partial charge is 0.332 e. The molecule has 1 aliphatic heterocycles. The van der Waals surface area contributed by atoms with Crippen LogP contribution >= 0.6 is 0 Å². The summed E-state index contributed by atoms with van der Waals surface area (Å²) in [6, 6.07) is 7.64. The van der Waals surface area contributed by atoms with Crippen molar-refractivity contribution < 1.29 is 5.11 Å². The van der Waals surface area contributed by atoms with Gasteiger partial charge in [-0.1, -0.05) is 24.1 Å². The molecular formula is C25H27N7O3. The van der Waals surface area contributed by atoms with E-state index in [2.05, 4.69) is 26.8 Å². The first kappa shape index (κ1) is 22.8. The van der Waals surface area contributed by atoms with Crippen LogP contribution in [0.15, 0.2) is 33.9 Å². The summed E-state index contributed by atoms with van der Waals surface area (Å²) >= 11 is 0. The second kappa shape index (κ2) is 9.00. The number of hydrogen-bond donors (Lipinski definition) is 1. The highest BCUT2D eigenvalue weighted by atomic mass is 16.3. The van der Waals surface area contributed by atoms with Gasteiger partial charge in [-0.05, 0) is 32.8 Å². The predicted molar refractivity (Wildman–Crippen MR) is 134 cm³/mol. The second-order valence-electron chi connectivity index (χ2n) is 8.81. The summed E-state index contributed by atoms with van der Waals surface area (Å²) in [6.07, 6.45) is 1.07. The lowest BCUT2D eigenvalue weighted by Gasteiger charge is -2.31. The average Bonchev–Trinajstić information content (AvgIpc) is 3.24. The minimum atomic E-state index is -0.492. The Balaban J connectivity index is 1.69. The van der Waals surface area contributed by atoms with Crippen molar-refractivity contribution in [1.82, 2.24) is 28.7 Å². The molecular weight excluding hydrogens is 446 g/mol. The van der Waals surface area contributed by atoms with Crippen LogP contribution < -0.4 is 16.1 Å². The summed E-state index contributed by atoms with van der Waals surface area (Å²) in [5, 5.41) is 11.1. The highest BCUT2D eigenvalue weighted by Crippen LogP contribution is 2.23. The quantitative estimate of drug-likeness (QED) is 0.443. The van der Waals surface area contributed by atoms with Crippen LogP contribution in [0.2, 0.25) is 0 Å². The number of para-hydroxylation sites is 1. The van der Waals surface area contributed by atoms with E-state index in [9.17, 15) is 14.7 Å². The summed E-state index contributed by atoms with van der Waals surface area (Å²) in [4.78, 5) is 42.7. The number of piperidine rings is 1. The van der Waals surface area contributed by atoms with Crippen molar-refractivity contribution in [2.75, 3.05) is 18.0 Å². The number of benzene rings is 1. The van der Waals surface area contributed by atoms with Crippen LogP contribution in [0.25, 0.3) is 22.1 Å². The van der Waals surface area contributed by atoms with Gasteiger partial charge in [0.15, 0.2) is 11.2 Å². The van der Waals surface area contributed by atoms with Crippen molar-refractivity contribution in [3.63, 3.8) is 0 Å². The van der Waals surface area contributed by atoms with Crippen molar-refractivity contribution in [3.05, 3.63) is 56.6 Å². The largest absolute Gasteiger partial charge is 0.391 e. The molecule has 4 aromatic rings. The molecule has 0 aliphatic carbocycles. The van der Waals surface area contributed by atoms with Crippen LogP contribution in [0.4, 0.5) is 5.95 Å². The maximum absolute atomic E-state index is 13.7. The van der Waals surface area contributed by atoms with Crippen LogP contribution in [-0.2, 0) is 20.1 Å². The molecule has 1 saturated heterocycles. The molecule has 10 nitrogen and oxygen atoms in total. The van der Waals surface area contributed by atoms with Gasteiger partial charge in [-0.25, -0.2) is 14.8 Å². The number of nitrogens with zero attached hydrogens (tertiary/aromatic N) is 7. The summed E-state index contributed by atoms with van der Waals surface area (Å²) in [5.74, 6) is 6.80. The van der Waals surface area contributed by atoms with E-state index in [1.54, 1.807) is 18.5 Å². The lowest BCUT2D eigenvalue weighted by Crippen LogP contribution is -2.40. The normalized spacial score (nSPS) is 16.0. The van der Waals surface area contributed by atoms with Gasteiger partial charge >= 0.3 is 5.69 Å². The molecule has 1 fully saturated rings. The molecule has 1 N–H and O–H groups in total. The van der Waals surface area contributed by atoms with Gasteiger partial charge in [0.25, 0.3) is 5.56 Å². The Bertz CT molecular complexity index is 1620. The van der Waals surface area contributed by atoms with Crippen LogP contribution in [0.5, 0.6) is 0 Å². The third kappa shape index (κ3) is 3.98. The Hall–Kier alpha value is -3.97. The predicted octanol–water partition coefficient (Wildman–Crippen LogP) is 1.18. The molecule has 1 atom stereocenters. The van der Waals surface area contributed by atoms with Gasteiger partial charge in [0.2, 0.25) is 5.95 Å². The van der Waals surface area contributed by atoms with E-state index in [1.807, 2.05) is 36.1 Å². The number of rotatable bonds is 4. The monoisotopic (exact) mass is 473 g/mol. The Kier molecular flexibility index (Phi) is 5.86. The van der Waals surface area contributed by atoms with Crippen LogP contribution in [-0.4, -0.2) is 53.0 Å². The molecule has 35 heavy (non-hydrogen) atoms. The third-order valence-electron chi connectivity index (χ3n) is 6.45. The van der Waals surface area contributed by atoms with Crippen LogP contribution in [0, 0.1) is 18.8 Å². The van der Waals surface area contributed by atoms with E-state index in [1.165, 1.54) is 4.57 Å². The van der Waals surface area contributed by atoms with Gasteiger partial charge in [-0.2, -0.15) is 4.98 Å². The van der Waals surface area contributed by atoms with Crippen molar-refractivity contribution >= 4 is 28.0 Å².